The quantitative estimate of drug-likeness (QED) is 0.591. The highest BCUT2D eigenvalue weighted by Gasteiger charge is 2.18. The summed E-state index contributed by atoms with van der Waals surface area (Å²) < 4.78 is 15.0. The zero-order valence-corrected chi connectivity index (χ0v) is 13.7. The standard InChI is InChI=1S/C16H19N3O5/c1-10-8-12(14(18-10)16(21)23-3)19-15(20)11-4-5-17-13(9-11)24-7-6-22-2/h4-5,8-9,18H,6-7H2,1-3H3,(H,19,20). The topological polar surface area (TPSA) is 103 Å². The van der Waals surface area contributed by atoms with E-state index in [1.807, 2.05) is 0 Å². The van der Waals surface area contributed by atoms with Crippen molar-refractivity contribution in [1.82, 2.24) is 9.97 Å². The molecule has 0 fully saturated rings. The highest BCUT2D eigenvalue weighted by Crippen LogP contribution is 2.19. The van der Waals surface area contributed by atoms with Crippen LogP contribution in [-0.2, 0) is 9.47 Å². The summed E-state index contributed by atoms with van der Waals surface area (Å²) in [6.07, 6.45) is 1.47. The second kappa shape index (κ2) is 8.11. The molecule has 8 heteroatoms. The fraction of sp³-hybridized carbons (Fsp3) is 0.312. The van der Waals surface area contributed by atoms with Crippen molar-refractivity contribution < 1.29 is 23.8 Å². The third-order valence-corrected chi connectivity index (χ3v) is 3.12. The molecule has 2 heterocycles. The van der Waals surface area contributed by atoms with Gasteiger partial charge in [0.2, 0.25) is 5.88 Å². The van der Waals surface area contributed by atoms with E-state index in [1.54, 1.807) is 26.2 Å². The number of hydrogen-bond donors (Lipinski definition) is 2. The van der Waals surface area contributed by atoms with Crippen LogP contribution in [0.25, 0.3) is 0 Å². The van der Waals surface area contributed by atoms with Crippen LogP contribution >= 0.6 is 0 Å². The van der Waals surface area contributed by atoms with Gasteiger partial charge in [-0.25, -0.2) is 9.78 Å². The molecule has 0 aliphatic carbocycles. The van der Waals surface area contributed by atoms with Gasteiger partial charge in [0.25, 0.3) is 5.91 Å². The number of methoxy groups -OCH3 is 2. The van der Waals surface area contributed by atoms with Gasteiger partial charge >= 0.3 is 5.97 Å². The summed E-state index contributed by atoms with van der Waals surface area (Å²) in [6, 6.07) is 4.72. The minimum atomic E-state index is -0.559. The molecule has 2 N–H and O–H groups in total. The molecule has 2 aromatic heterocycles. The van der Waals surface area contributed by atoms with Crippen molar-refractivity contribution in [3.05, 3.63) is 41.3 Å². The Morgan fingerprint density at radius 1 is 1.25 bits per heavy atom. The van der Waals surface area contributed by atoms with E-state index in [9.17, 15) is 9.59 Å². The molecule has 2 rings (SSSR count). The Morgan fingerprint density at radius 2 is 2.04 bits per heavy atom. The molecular formula is C16H19N3O5. The lowest BCUT2D eigenvalue weighted by Gasteiger charge is -2.08. The first-order chi connectivity index (χ1) is 11.5. The second-order valence-corrected chi connectivity index (χ2v) is 4.91. The maximum Gasteiger partial charge on any atom is 0.356 e. The zero-order valence-electron chi connectivity index (χ0n) is 13.7. The van der Waals surface area contributed by atoms with Crippen molar-refractivity contribution in [2.75, 3.05) is 32.8 Å². The fourth-order valence-corrected chi connectivity index (χ4v) is 2.00. The molecule has 24 heavy (non-hydrogen) atoms. The molecule has 0 aromatic carbocycles. The summed E-state index contributed by atoms with van der Waals surface area (Å²) in [5.74, 6) is -0.631. The van der Waals surface area contributed by atoms with E-state index in [2.05, 4.69) is 20.0 Å². The number of carbonyl (C=O) groups is 2. The van der Waals surface area contributed by atoms with Crippen molar-refractivity contribution in [2.45, 2.75) is 6.92 Å². The number of H-pyrrole nitrogens is 1. The van der Waals surface area contributed by atoms with Gasteiger partial charge in [0.05, 0.1) is 19.4 Å². The second-order valence-electron chi connectivity index (χ2n) is 4.91. The molecule has 8 nitrogen and oxygen atoms in total. The summed E-state index contributed by atoms with van der Waals surface area (Å²) in [4.78, 5) is 31.0. The Hall–Kier alpha value is -2.87. The number of amides is 1. The van der Waals surface area contributed by atoms with Gasteiger partial charge in [-0.2, -0.15) is 0 Å². The van der Waals surface area contributed by atoms with E-state index in [0.29, 0.717) is 30.3 Å². The van der Waals surface area contributed by atoms with E-state index in [1.165, 1.54) is 19.4 Å². The summed E-state index contributed by atoms with van der Waals surface area (Å²) >= 11 is 0. The Balaban J connectivity index is 2.13. The van der Waals surface area contributed by atoms with E-state index in [-0.39, 0.29) is 5.69 Å². The van der Waals surface area contributed by atoms with Gasteiger partial charge in [0.1, 0.15) is 12.3 Å². The van der Waals surface area contributed by atoms with Gasteiger partial charge in [-0.05, 0) is 19.1 Å². The zero-order chi connectivity index (χ0) is 17.5. The van der Waals surface area contributed by atoms with Crippen LogP contribution in [0.15, 0.2) is 24.4 Å². The molecular weight excluding hydrogens is 314 g/mol. The van der Waals surface area contributed by atoms with Crippen LogP contribution in [0.2, 0.25) is 0 Å². The Bertz CT molecular complexity index is 726. The number of nitrogens with one attached hydrogen (secondary N) is 2. The van der Waals surface area contributed by atoms with E-state index < -0.39 is 11.9 Å². The van der Waals surface area contributed by atoms with Gasteiger partial charge in [0, 0.05) is 30.6 Å². The van der Waals surface area contributed by atoms with Gasteiger partial charge in [-0.1, -0.05) is 0 Å². The molecule has 0 saturated carbocycles. The number of pyridine rings is 1. The molecule has 0 unspecified atom stereocenters. The minimum Gasteiger partial charge on any atom is -0.475 e. The summed E-state index contributed by atoms with van der Waals surface area (Å²) in [6.45, 7) is 2.53. The Labute approximate surface area is 139 Å². The number of esters is 1. The summed E-state index contributed by atoms with van der Waals surface area (Å²) in [5, 5.41) is 2.68. The monoisotopic (exact) mass is 333 g/mol. The molecule has 0 atom stereocenters. The number of ether oxygens (including phenoxy) is 3. The van der Waals surface area contributed by atoms with Crippen molar-refractivity contribution in [3.63, 3.8) is 0 Å². The van der Waals surface area contributed by atoms with Crippen molar-refractivity contribution >= 4 is 17.6 Å². The van der Waals surface area contributed by atoms with Crippen LogP contribution in [0.4, 0.5) is 5.69 Å². The first-order valence-corrected chi connectivity index (χ1v) is 7.22. The van der Waals surface area contributed by atoms with Crippen molar-refractivity contribution in [2.24, 2.45) is 0 Å². The first kappa shape index (κ1) is 17.5. The highest BCUT2D eigenvalue weighted by atomic mass is 16.5. The lowest BCUT2D eigenvalue weighted by molar-refractivity contribution is 0.0596. The van der Waals surface area contributed by atoms with E-state index >= 15 is 0 Å². The molecule has 0 radical (unpaired) electrons. The number of aromatic amines is 1. The van der Waals surface area contributed by atoms with Crippen LogP contribution in [0.3, 0.4) is 0 Å². The van der Waals surface area contributed by atoms with Gasteiger partial charge in [0.15, 0.2) is 0 Å². The summed E-state index contributed by atoms with van der Waals surface area (Å²) in [5.41, 5.74) is 1.62. The average molecular weight is 333 g/mol. The first-order valence-electron chi connectivity index (χ1n) is 7.22. The maximum atomic E-state index is 12.4. The lowest BCUT2D eigenvalue weighted by atomic mass is 10.2. The van der Waals surface area contributed by atoms with Gasteiger partial charge in [-0.15, -0.1) is 0 Å². The van der Waals surface area contributed by atoms with Crippen molar-refractivity contribution in [3.8, 4) is 5.88 Å². The SMILES string of the molecule is COCCOc1cc(C(=O)Nc2cc(C)[nH]c2C(=O)OC)ccn1. The minimum absolute atomic E-state index is 0.189. The highest BCUT2D eigenvalue weighted by molar-refractivity contribution is 6.07. The Morgan fingerprint density at radius 3 is 2.75 bits per heavy atom. The van der Waals surface area contributed by atoms with Gasteiger partial charge in [-0.3, -0.25) is 4.79 Å². The van der Waals surface area contributed by atoms with E-state index in [4.69, 9.17) is 9.47 Å². The number of hydrogen-bond acceptors (Lipinski definition) is 6. The molecule has 0 aliphatic heterocycles. The predicted octanol–water partition coefficient (Wildman–Crippen LogP) is 1.78. The van der Waals surface area contributed by atoms with Crippen molar-refractivity contribution in [1.29, 1.82) is 0 Å². The Kier molecular flexibility index (Phi) is 5.91. The van der Waals surface area contributed by atoms with Crippen LogP contribution in [0.5, 0.6) is 5.88 Å². The maximum absolute atomic E-state index is 12.4. The van der Waals surface area contributed by atoms with Crippen LogP contribution in [-0.4, -0.2) is 49.3 Å². The number of aryl methyl sites for hydroxylation is 1. The molecule has 0 saturated heterocycles. The molecule has 0 aliphatic rings. The molecule has 0 bridgehead atoms. The molecule has 128 valence electrons. The number of nitrogens with zero attached hydrogens (tertiary/aromatic N) is 1. The third-order valence-electron chi connectivity index (χ3n) is 3.12. The number of anilines is 1. The third kappa shape index (κ3) is 4.32. The van der Waals surface area contributed by atoms with Crippen LogP contribution in [0.1, 0.15) is 26.5 Å². The normalized spacial score (nSPS) is 10.3. The lowest BCUT2D eigenvalue weighted by Crippen LogP contribution is -2.15. The average Bonchev–Trinajstić information content (AvgIpc) is 2.95. The molecule has 1 amide bonds. The predicted molar refractivity (Wildman–Crippen MR) is 86.4 cm³/mol. The molecule has 0 spiro atoms. The smallest absolute Gasteiger partial charge is 0.356 e. The van der Waals surface area contributed by atoms with Crippen LogP contribution < -0.4 is 10.1 Å². The number of aromatic nitrogens is 2. The largest absolute Gasteiger partial charge is 0.475 e. The molecule has 2 aromatic rings. The van der Waals surface area contributed by atoms with E-state index in [0.717, 1.165) is 5.69 Å². The number of carbonyl (C=O) groups excluding carboxylic acids is 2. The van der Waals surface area contributed by atoms with Gasteiger partial charge < -0.3 is 24.5 Å². The summed E-state index contributed by atoms with van der Waals surface area (Å²) in [7, 11) is 2.84. The fourth-order valence-electron chi connectivity index (χ4n) is 2.00. The van der Waals surface area contributed by atoms with Crippen LogP contribution in [0, 0.1) is 6.92 Å². The number of rotatable bonds is 7.